The Morgan fingerprint density at radius 3 is 2.83 bits per heavy atom. The third kappa shape index (κ3) is 5.59. The second-order valence-electron chi connectivity index (χ2n) is 8.34. The number of nitrogens with zero attached hydrogens (tertiary/aromatic N) is 2. The van der Waals surface area contributed by atoms with Crippen LogP contribution in [0, 0.1) is 19.8 Å². The molecule has 6 nitrogen and oxygen atoms in total. The number of nitrogens with one attached hydrogen (secondary N) is 1. The van der Waals surface area contributed by atoms with Crippen LogP contribution in [0.25, 0.3) is 0 Å². The predicted molar refractivity (Wildman–Crippen MR) is 119 cm³/mol. The van der Waals surface area contributed by atoms with Crippen LogP contribution in [0.4, 0.5) is 5.69 Å². The van der Waals surface area contributed by atoms with Crippen LogP contribution in [0.5, 0.6) is 5.75 Å². The largest absolute Gasteiger partial charge is 0.489 e. The SMILES string of the molecule is Cc1ccc(NC(=O)C2CCN(Cc3csc(C)n3)CC2)c(OCC2CCCO2)c1. The van der Waals surface area contributed by atoms with Gasteiger partial charge < -0.3 is 14.8 Å². The average Bonchev–Trinajstić information content (AvgIpc) is 3.40. The van der Waals surface area contributed by atoms with Crippen LogP contribution in [0.15, 0.2) is 23.6 Å². The first-order valence-corrected chi connectivity index (χ1v) is 11.7. The number of amides is 1. The minimum atomic E-state index is 0.0331. The van der Waals surface area contributed by atoms with Gasteiger partial charge in [-0.25, -0.2) is 4.98 Å². The Morgan fingerprint density at radius 1 is 1.30 bits per heavy atom. The van der Waals surface area contributed by atoms with Crippen molar-refractivity contribution in [2.45, 2.75) is 52.2 Å². The van der Waals surface area contributed by atoms with Gasteiger partial charge in [0.1, 0.15) is 12.4 Å². The summed E-state index contributed by atoms with van der Waals surface area (Å²) >= 11 is 1.69. The molecule has 2 fully saturated rings. The lowest BCUT2D eigenvalue weighted by Gasteiger charge is -2.30. The number of carbonyl (C=O) groups excluding carboxylic acids is 1. The van der Waals surface area contributed by atoms with Gasteiger partial charge >= 0.3 is 0 Å². The Bertz CT molecular complexity index is 855. The molecule has 162 valence electrons. The Hall–Kier alpha value is -1.96. The van der Waals surface area contributed by atoms with E-state index in [1.54, 1.807) is 11.3 Å². The van der Waals surface area contributed by atoms with Crippen molar-refractivity contribution < 1.29 is 14.3 Å². The number of hydrogen-bond acceptors (Lipinski definition) is 6. The fourth-order valence-electron chi connectivity index (χ4n) is 4.11. The summed E-state index contributed by atoms with van der Waals surface area (Å²) in [6, 6.07) is 5.94. The normalized spacial score (nSPS) is 20.4. The van der Waals surface area contributed by atoms with Gasteiger partial charge in [0.05, 0.1) is 22.5 Å². The second kappa shape index (κ2) is 9.90. The van der Waals surface area contributed by atoms with Crippen molar-refractivity contribution in [3.05, 3.63) is 39.8 Å². The van der Waals surface area contributed by atoms with Crippen LogP contribution in [0.3, 0.4) is 0 Å². The number of aromatic nitrogens is 1. The molecule has 2 aromatic rings. The van der Waals surface area contributed by atoms with Crippen molar-refractivity contribution in [3.8, 4) is 5.75 Å². The lowest BCUT2D eigenvalue weighted by Crippen LogP contribution is -2.37. The van der Waals surface area contributed by atoms with E-state index in [0.29, 0.717) is 6.61 Å². The molecule has 0 radical (unpaired) electrons. The zero-order valence-electron chi connectivity index (χ0n) is 17.9. The van der Waals surface area contributed by atoms with Crippen LogP contribution in [0.1, 0.15) is 41.9 Å². The number of hydrogen-bond donors (Lipinski definition) is 1. The summed E-state index contributed by atoms with van der Waals surface area (Å²) in [6.07, 6.45) is 4.01. The van der Waals surface area contributed by atoms with E-state index in [0.717, 1.165) is 79.6 Å². The molecule has 2 aliphatic rings. The third-order valence-electron chi connectivity index (χ3n) is 5.85. The Balaban J connectivity index is 1.30. The van der Waals surface area contributed by atoms with Crippen molar-refractivity contribution in [2.24, 2.45) is 5.92 Å². The molecule has 0 saturated carbocycles. The van der Waals surface area contributed by atoms with Crippen LogP contribution in [-0.2, 0) is 16.1 Å². The number of carbonyl (C=O) groups is 1. The second-order valence-corrected chi connectivity index (χ2v) is 9.41. The highest BCUT2D eigenvalue weighted by Gasteiger charge is 2.26. The fourth-order valence-corrected chi connectivity index (χ4v) is 4.71. The smallest absolute Gasteiger partial charge is 0.227 e. The van der Waals surface area contributed by atoms with E-state index in [1.807, 2.05) is 32.0 Å². The van der Waals surface area contributed by atoms with E-state index in [9.17, 15) is 4.79 Å². The number of benzene rings is 1. The van der Waals surface area contributed by atoms with Gasteiger partial charge in [-0.1, -0.05) is 6.07 Å². The van der Waals surface area contributed by atoms with E-state index in [4.69, 9.17) is 9.47 Å². The number of ether oxygens (including phenoxy) is 2. The van der Waals surface area contributed by atoms with Crippen LogP contribution in [0.2, 0.25) is 0 Å². The molecule has 30 heavy (non-hydrogen) atoms. The number of piperidine rings is 1. The standard InChI is InChI=1S/C23H31N3O3S/c1-16-5-6-21(22(12-16)29-14-20-4-3-11-28-20)25-23(27)18-7-9-26(10-8-18)13-19-15-30-17(2)24-19/h5-6,12,15,18,20H,3-4,7-11,13-14H2,1-2H3,(H,25,27). The summed E-state index contributed by atoms with van der Waals surface area (Å²) in [4.78, 5) is 19.9. The summed E-state index contributed by atoms with van der Waals surface area (Å²) in [6.45, 7) is 8.12. The third-order valence-corrected chi connectivity index (χ3v) is 6.68. The van der Waals surface area contributed by atoms with Gasteiger partial charge in [-0.05, 0) is 70.3 Å². The lowest BCUT2D eigenvalue weighted by molar-refractivity contribution is -0.121. The molecule has 2 aliphatic heterocycles. The topological polar surface area (TPSA) is 63.7 Å². The molecule has 0 bridgehead atoms. The van der Waals surface area contributed by atoms with Gasteiger partial charge in [0.2, 0.25) is 5.91 Å². The number of anilines is 1. The highest BCUT2D eigenvalue weighted by Crippen LogP contribution is 2.29. The Morgan fingerprint density at radius 2 is 2.13 bits per heavy atom. The van der Waals surface area contributed by atoms with Crippen LogP contribution >= 0.6 is 11.3 Å². The molecule has 1 N–H and O–H groups in total. The molecule has 2 saturated heterocycles. The molecule has 0 spiro atoms. The minimum absolute atomic E-state index is 0.0331. The van der Waals surface area contributed by atoms with Gasteiger partial charge in [-0.3, -0.25) is 9.69 Å². The van der Waals surface area contributed by atoms with Crippen molar-refractivity contribution in [1.82, 2.24) is 9.88 Å². The molecule has 1 aromatic carbocycles. The van der Waals surface area contributed by atoms with Crippen LogP contribution in [-0.4, -0.2) is 48.2 Å². The summed E-state index contributed by atoms with van der Waals surface area (Å²) in [5.41, 5.74) is 3.00. The molecule has 0 aliphatic carbocycles. The molecule has 4 rings (SSSR count). The minimum Gasteiger partial charge on any atom is -0.489 e. The molecule has 7 heteroatoms. The Kier molecular flexibility index (Phi) is 7.02. The first-order valence-electron chi connectivity index (χ1n) is 10.9. The molecule has 3 heterocycles. The van der Waals surface area contributed by atoms with E-state index in [1.165, 1.54) is 0 Å². The number of likely N-dealkylation sites (tertiary alicyclic amines) is 1. The molecule has 1 amide bonds. The summed E-state index contributed by atoms with van der Waals surface area (Å²) in [5.74, 6) is 0.853. The monoisotopic (exact) mass is 429 g/mol. The van der Waals surface area contributed by atoms with Gasteiger partial charge in [0, 0.05) is 24.4 Å². The van der Waals surface area contributed by atoms with Gasteiger partial charge in [-0.15, -0.1) is 11.3 Å². The van der Waals surface area contributed by atoms with Gasteiger partial charge in [0.25, 0.3) is 0 Å². The van der Waals surface area contributed by atoms with Crippen molar-refractivity contribution in [1.29, 1.82) is 0 Å². The lowest BCUT2D eigenvalue weighted by atomic mass is 9.95. The maximum Gasteiger partial charge on any atom is 0.227 e. The van der Waals surface area contributed by atoms with E-state index in [2.05, 4.69) is 20.6 Å². The maximum atomic E-state index is 12.9. The van der Waals surface area contributed by atoms with Gasteiger partial charge in [-0.2, -0.15) is 0 Å². The number of thiazole rings is 1. The summed E-state index contributed by atoms with van der Waals surface area (Å²) in [7, 11) is 0. The zero-order chi connectivity index (χ0) is 20.9. The summed E-state index contributed by atoms with van der Waals surface area (Å²) in [5, 5.41) is 6.35. The number of rotatable bonds is 7. The van der Waals surface area contributed by atoms with Crippen molar-refractivity contribution >= 4 is 22.9 Å². The highest BCUT2D eigenvalue weighted by molar-refractivity contribution is 7.09. The predicted octanol–water partition coefficient (Wildman–Crippen LogP) is 4.17. The zero-order valence-corrected chi connectivity index (χ0v) is 18.7. The van der Waals surface area contributed by atoms with Crippen molar-refractivity contribution in [2.75, 3.05) is 31.6 Å². The molecule has 1 atom stereocenters. The van der Waals surface area contributed by atoms with Crippen molar-refractivity contribution in [3.63, 3.8) is 0 Å². The first-order chi connectivity index (χ1) is 14.6. The van der Waals surface area contributed by atoms with E-state index >= 15 is 0 Å². The number of aryl methyl sites for hydroxylation is 2. The van der Waals surface area contributed by atoms with Crippen LogP contribution < -0.4 is 10.1 Å². The van der Waals surface area contributed by atoms with E-state index in [-0.39, 0.29) is 17.9 Å². The van der Waals surface area contributed by atoms with E-state index < -0.39 is 0 Å². The molecule has 1 aromatic heterocycles. The highest BCUT2D eigenvalue weighted by atomic mass is 32.1. The molecule has 1 unspecified atom stereocenters. The maximum absolute atomic E-state index is 12.9. The first kappa shape index (κ1) is 21.3. The fraction of sp³-hybridized carbons (Fsp3) is 0.565. The van der Waals surface area contributed by atoms with Gasteiger partial charge in [0.15, 0.2) is 0 Å². The molecular formula is C23H31N3O3S. The average molecular weight is 430 g/mol. The Labute approximate surface area is 182 Å². The quantitative estimate of drug-likeness (QED) is 0.716. The summed E-state index contributed by atoms with van der Waals surface area (Å²) < 4.78 is 11.7. The molecular weight excluding hydrogens is 398 g/mol.